The summed E-state index contributed by atoms with van der Waals surface area (Å²) in [5.41, 5.74) is 3.36. The van der Waals surface area contributed by atoms with Gasteiger partial charge in [-0.3, -0.25) is 14.5 Å². The van der Waals surface area contributed by atoms with E-state index in [1.54, 1.807) is 12.1 Å². The van der Waals surface area contributed by atoms with Crippen LogP contribution in [0.4, 0.5) is 5.69 Å². The number of carbonyl (C=O) groups is 2. The van der Waals surface area contributed by atoms with E-state index in [0.29, 0.717) is 5.69 Å². The highest BCUT2D eigenvalue weighted by Crippen LogP contribution is 2.18. The van der Waals surface area contributed by atoms with E-state index in [1.165, 1.54) is 13.8 Å². The zero-order valence-electron chi connectivity index (χ0n) is 14.1. The summed E-state index contributed by atoms with van der Waals surface area (Å²) >= 11 is 0. The number of imide groups is 1. The molecule has 0 saturated heterocycles. The third kappa shape index (κ3) is 3.80. The smallest absolute Gasteiger partial charge is 0.230 e. The fourth-order valence-corrected chi connectivity index (χ4v) is 2.68. The third-order valence-corrected chi connectivity index (χ3v) is 3.85. The normalized spacial score (nSPS) is 11.0. The number of nitrogens with zero attached hydrogens (tertiary/aromatic N) is 2. The Morgan fingerprint density at radius 1 is 0.840 bits per heavy atom. The predicted octanol–water partition coefficient (Wildman–Crippen LogP) is 4.30. The molecule has 2 amide bonds. The molecule has 0 spiro atoms. The van der Waals surface area contributed by atoms with Crippen LogP contribution in [0.1, 0.15) is 25.1 Å². The molecule has 1 aromatic heterocycles. The Morgan fingerprint density at radius 3 is 2.20 bits per heavy atom. The summed E-state index contributed by atoms with van der Waals surface area (Å²) in [5, 5.41) is 1.11. The molecule has 0 radical (unpaired) electrons. The van der Waals surface area contributed by atoms with Crippen LogP contribution in [0.2, 0.25) is 0 Å². The Bertz CT molecular complexity index is 945. The summed E-state index contributed by atoms with van der Waals surface area (Å²) in [6.07, 6.45) is 3.89. The van der Waals surface area contributed by atoms with Gasteiger partial charge in [0.15, 0.2) is 0 Å². The lowest BCUT2D eigenvalue weighted by Crippen LogP contribution is -2.32. The minimum atomic E-state index is -0.295. The van der Waals surface area contributed by atoms with Crippen LogP contribution in [0.3, 0.4) is 0 Å². The van der Waals surface area contributed by atoms with Crippen molar-refractivity contribution in [1.82, 2.24) is 4.98 Å². The van der Waals surface area contributed by atoms with E-state index in [-0.39, 0.29) is 11.8 Å². The Labute approximate surface area is 146 Å². The maximum absolute atomic E-state index is 11.6. The molecular formula is C21H18N2O2. The minimum Gasteiger partial charge on any atom is -0.274 e. The molecule has 0 N–H and O–H groups in total. The van der Waals surface area contributed by atoms with Crippen molar-refractivity contribution in [2.24, 2.45) is 0 Å². The van der Waals surface area contributed by atoms with E-state index < -0.39 is 0 Å². The molecule has 0 aliphatic carbocycles. The zero-order valence-corrected chi connectivity index (χ0v) is 14.1. The van der Waals surface area contributed by atoms with Crippen molar-refractivity contribution in [3.8, 4) is 0 Å². The van der Waals surface area contributed by atoms with Crippen LogP contribution in [0, 0.1) is 0 Å². The molecule has 0 aliphatic heterocycles. The Balaban J connectivity index is 1.81. The van der Waals surface area contributed by atoms with E-state index in [9.17, 15) is 9.59 Å². The number of rotatable bonds is 3. The number of para-hydroxylation sites is 1. The van der Waals surface area contributed by atoms with Gasteiger partial charge in [0, 0.05) is 19.2 Å². The first-order valence-electron chi connectivity index (χ1n) is 8.00. The lowest BCUT2D eigenvalue weighted by molar-refractivity contribution is -0.124. The number of hydrogen-bond acceptors (Lipinski definition) is 3. The maximum atomic E-state index is 11.6. The number of pyridine rings is 1. The van der Waals surface area contributed by atoms with E-state index in [0.717, 1.165) is 27.1 Å². The number of fused-ring (bicyclic) bond motifs is 1. The molecule has 0 saturated carbocycles. The largest absolute Gasteiger partial charge is 0.274 e. The van der Waals surface area contributed by atoms with Crippen LogP contribution in [0.15, 0.2) is 60.7 Å². The highest BCUT2D eigenvalue weighted by atomic mass is 16.2. The molecule has 1 heterocycles. The minimum absolute atomic E-state index is 0.295. The zero-order chi connectivity index (χ0) is 17.8. The summed E-state index contributed by atoms with van der Waals surface area (Å²) < 4.78 is 0. The molecule has 3 rings (SSSR count). The van der Waals surface area contributed by atoms with Gasteiger partial charge in [-0.25, -0.2) is 4.98 Å². The van der Waals surface area contributed by atoms with Crippen molar-refractivity contribution >= 4 is 40.6 Å². The molecule has 0 bridgehead atoms. The molecular weight excluding hydrogens is 312 g/mol. The van der Waals surface area contributed by atoms with Crippen molar-refractivity contribution in [1.29, 1.82) is 0 Å². The number of aromatic nitrogens is 1. The second-order valence-corrected chi connectivity index (χ2v) is 5.73. The van der Waals surface area contributed by atoms with Gasteiger partial charge in [0.05, 0.1) is 16.9 Å². The molecule has 0 atom stereocenters. The van der Waals surface area contributed by atoms with Crippen molar-refractivity contribution < 1.29 is 9.59 Å². The molecule has 0 unspecified atom stereocenters. The fourth-order valence-electron chi connectivity index (χ4n) is 2.68. The molecule has 3 aromatic rings. The first-order valence-corrected chi connectivity index (χ1v) is 8.00. The SMILES string of the molecule is CC(=O)N(C(C)=O)c1ccc(C=Cc2ccc3ccccc3n2)cc1. The van der Waals surface area contributed by atoms with E-state index in [4.69, 9.17) is 0 Å². The summed E-state index contributed by atoms with van der Waals surface area (Å²) in [4.78, 5) is 28.9. The van der Waals surface area contributed by atoms with E-state index in [2.05, 4.69) is 4.98 Å². The summed E-state index contributed by atoms with van der Waals surface area (Å²) in [6.45, 7) is 2.75. The quantitative estimate of drug-likeness (QED) is 0.719. The molecule has 0 aliphatic rings. The number of benzene rings is 2. The molecule has 0 fully saturated rings. The first kappa shape index (κ1) is 16.6. The highest BCUT2D eigenvalue weighted by molar-refractivity contribution is 6.13. The second kappa shape index (κ2) is 7.09. The van der Waals surface area contributed by atoms with Gasteiger partial charge in [0.2, 0.25) is 11.8 Å². The summed E-state index contributed by atoms with van der Waals surface area (Å²) in [7, 11) is 0. The monoisotopic (exact) mass is 330 g/mol. The third-order valence-electron chi connectivity index (χ3n) is 3.85. The lowest BCUT2D eigenvalue weighted by atomic mass is 10.1. The van der Waals surface area contributed by atoms with Crippen molar-refractivity contribution in [3.05, 3.63) is 71.9 Å². The van der Waals surface area contributed by atoms with Gasteiger partial charge in [0.25, 0.3) is 0 Å². The van der Waals surface area contributed by atoms with Gasteiger partial charge in [-0.1, -0.05) is 42.5 Å². The maximum Gasteiger partial charge on any atom is 0.230 e. The number of carbonyl (C=O) groups excluding carboxylic acids is 2. The van der Waals surface area contributed by atoms with Gasteiger partial charge in [-0.15, -0.1) is 0 Å². The number of hydrogen-bond donors (Lipinski definition) is 0. The molecule has 4 nitrogen and oxygen atoms in total. The highest BCUT2D eigenvalue weighted by Gasteiger charge is 2.15. The van der Waals surface area contributed by atoms with Gasteiger partial charge in [-0.05, 0) is 35.9 Å². The fraction of sp³-hybridized carbons (Fsp3) is 0.0952. The molecule has 4 heteroatoms. The van der Waals surface area contributed by atoms with Gasteiger partial charge >= 0.3 is 0 Å². The second-order valence-electron chi connectivity index (χ2n) is 5.73. The van der Waals surface area contributed by atoms with Crippen LogP contribution < -0.4 is 4.90 Å². The van der Waals surface area contributed by atoms with Crippen molar-refractivity contribution in [2.75, 3.05) is 4.90 Å². The number of amides is 2. The molecule has 124 valence electrons. The predicted molar refractivity (Wildman–Crippen MR) is 101 cm³/mol. The van der Waals surface area contributed by atoms with Crippen molar-refractivity contribution in [2.45, 2.75) is 13.8 Å². The summed E-state index contributed by atoms with van der Waals surface area (Å²) in [6, 6.07) is 19.3. The van der Waals surface area contributed by atoms with Gasteiger partial charge in [0.1, 0.15) is 0 Å². The van der Waals surface area contributed by atoms with E-state index >= 15 is 0 Å². The van der Waals surface area contributed by atoms with Crippen molar-refractivity contribution in [3.63, 3.8) is 0 Å². The van der Waals surface area contributed by atoms with Gasteiger partial charge < -0.3 is 0 Å². The number of anilines is 1. The van der Waals surface area contributed by atoms with Crippen LogP contribution in [0.25, 0.3) is 23.1 Å². The van der Waals surface area contributed by atoms with Crippen LogP contribution in [0.5, 0.6) is 0 Å². The first-order chi connectivity index (χ1) is 12.0. The standard InChI is InChI=1S/C21H18N2O2/c1-15(24)23(16(2)25)20-13-8-17(9-14-20)7-11-19-12-10-18-5-3-4-6-21(18)22-19/h3-14H,1-2H3. The van der Waals surface area contributed by atoms with Crippen LogP contribution in [-0.2, 0) is 9.59 Å². The van der Waals surface area contributed by atoms with Gasteiger partial charge in [-0.2, -0.15) is 0 Å². The Hall–Kier alpha value is -3.27. The van der Waals surface area contributed by atoms with Crippen LogP contribution >= 0.6 is 0 Å². The Morgan fingerprint density at radius 2 is 1.52 bits per heavy atom. The molecule has 2 aromatic carbocycles. The van der Waals surface area contributed by atoms with Crippen LogP contribution in [-0.4, -0.2) is 16.8 Å². The Kier molecular flexibility index (Phi) is 4.70. The molecule has 25 heavy (non-hydrogen) atoms. The lowest BCUT2D eigenvalue weighted by Gasteiger charge is -2.17. The average molecular weight is 330 g/mol. The summed E-state index contributed by atoms with van der Waals surface area (Å²) in [5.74, 6) is -0.590. The van der Waals surface area contributed by atoms with E-state index in [1.807, 2.05) is 60.7 Å². The topological polar surface area (TPSA) is 50.3 Å². The average Bonchev–Trinajstić information content (AvgIpc) is 2.60.